The third-order valence-corrected chi connectivity index (χ3v) is 3.11. The SMILES string of the molecule is COC(=O)c1cc(NCc2ccc(Cl)cc2)c(F)cc1F. The Balaban J connectivity index is 2.19. The van der Waals surface area contributed by atoms with Crippen molar-refractivity contribution in [3.8, 4) is 0 Å². The molecule has 21 heavy (non-hydrogen) atoms. The van der Waals surface area contributed by atoms with Gasteiger partial charge in [0, 0.05) is 17.6 Å². The fourth-order valence-electron chi connectivity index (χ4n) is 1.75. The lowest BCUT2D eigenvalue weighted by atomic mass is 10.1. The minimum atomic E-state index is -0.962. The van der Waals surface area contributed by atoms with E-state index in [9.17, 15) is 13.6 Å². The van der Waals surface area contributed by atoms with E-state index in [0.29, 0.717) is 17.6 Å². The van der Waals surface area contributed by atoms with Crippen LogP contribution in [0.3, 0.4) is 0 Å². The standard InChI is InChI=1S/C15H12ClF2NO2/c1-21-15(20)11-6-14(13(18)7-12(11)17)19-8-9-2-4-10(16)5-3-9/h2-7,19H,8H2,1H3. The number of esters is 1. The van der Waals surface area contributed by atoms with Crippen molar-refractivity contribution >= 4 is 23.3 Å². The Morgan fingerprint density at radius 3 is 2.48 bits per heavy atom. The first-order valence-corrected chi connectivity index (χ1v) is 6.44. The second-order valence-electron chi connectivity index (χ2n) is 4.28. The molecule has 0 radical (unpaired) electrons. The van der Waals surface area contributed by atoms with Crippen molar-refractivity contribution in [3.63, 3.8) is 0 Å². The molecule has 110 valence electrons. The third kappa shape index (κ3) is 3.70. The molecule has 0 fully saturated rings. The fraction of sp³-hybridized carbons (Fsp3) is 0.133. The molecule has 0 aliphatic carbocycles. The Kier molecular flexibility index (Phi) is 4.75. The van der Waals surface area contributed by atoms with E-state index in [-0.39, 0.29) is 11.3 Å². The molecule has 2 rings (SSSR count). The van der Waals surface area contributed by atoms with Crippen LogP contribution in [-0.2, 0) is 11.3 Å². The minimum Gasteiger partial charge on any atom is -0.465 e. The molecule has 0 saturated heterocycles. The van der Waals surface area contributed by atoms with Crippen LogP contribution in [0.1, 0.15) is 15.9 Å². The lowest BCUT2D eigenvalue weighted by molar-refractivity contribution is 0.0595. The second kappa shape index (κ2) is 6.54. The summed E-state index contributed by atoms with van der Waals surface area (Å²) in [6, 6.07) is 8.71. The van der Waals surface area contributed by atoms with Gasteiger partial charge in [-0.2, -0.15) is 0 Å². The fourth-order valence-corrected chi connectivity index (χ4v) is 1.88. The van der Waals surface area contributed by atoms with Crippen molar-refractivity contribution in [1.82, 2.24) is 0 Å². The average molecular weight is 312 g/mol. The van der Waals surface area contributed by atoms with E-state index in [1.54, 1.807) is 24.3 Å². The molecule has 6 heteroatoms. The molecule has 0 unspecified atom stereocenters. The number of hydrogen-bond donors (Lipinski definition) is 1. The molecular formula is C15H12ClF2NO2. The van der Waals surface area contributed by atoms with Crippen LogP contribution in [0.4, 0.5) is 14.5 Å². The Morgan fingerprint density at radius 1 is 1.19 bits per heavy atom. The number of benzene rings is 2. The molecule has 0 aliphatic rings. The van der Waals surface area contributed by atoms with Crippen LogP contribution < -0.4 is 5.32 Å². The number of methoxy groups -OCH3 is 1. The molecule has 0 spiro atoms. The van der Waals surface area contributed by atoms with Gasteiger partial charge in [-0.25, -0.2) is 13.6 Å². The highest BCUT2D eigenvalue weighted by Gasteiger charge is 2.16. The van der Waals surface area contributed by atoms with E-state index in [0.717, 1.165) is 18.7 Å². The van der Waals surface area contributed by atoms with Gasteiger partial charge < -0.3 is 10.1 Å². The number of hydrogen-bond acceptors (Lipinski definition) is 3. The summed E-state index contributed by atoms with van der Waals surface area (Å²) in [6.07, 6.45) is 0. The summed E-state index contributed by atoms with van der Waals surface area (Å²) in [5.41, 5.74) is 0.562. The van der Waals surface area contributed by atoms with Gasteiger partial charge in [-0.1, -0.05) is 23.7 Å². The number of halogens is 3. The highest BCUT2D eigenvalue weighted by atomic mass is 35.5. The Hall–Kier alpha value is -2.14. The summed E-state index contributed by atoms with van der Waals surface area (Å²) >= 11 is 5.77. The van der Waals surface area contributed by atoms with Gasteiger partial charge in [0.1, 0.15) is 11.6 Å². The smallest absolute Gasteiger partial charge is 0.340 e. The van der Waals surface area contributed by atoms with Crippen LogP contribution in [-0.4, -0.2) is 13.1 Å². The zero-order chi connectivity index (χ0) is 15.4. The zero-order valence-corrected chi connectivity index (χ0v) is 11.9. The Morgan fingerprint density at radius 2 is 1.86 bits per heavy atom. The minimum absolute atomic E-state index is 0.0201. The van der Waals surface area contributed by atoms with Crippen LogP contribution in [0.15, 0.2) is 36.4 Å². The van der Waals surface area contributed by atoms with Crippen molar-refractivity contribution in [1.29, 1.82) is 0 Å². The predicted molar refractivity (Wildman–Crippen MR) is 76.5 cm³/mol. The van der Waals surface area contributed by atoms with Crippen LogP contribution in [0.5, 0.6) is 0 Å². The number of carbonyl (C=O) groups is 1. The van der Waals surface area contributed by atoms with Gasteiger partial charge in [0.2, 0.25) is 0 Å². The summed E-state index contributed by atoms with van der Waals surface area (Å²) in [6.45, 7) is 0.306. The van der Waals surface area contributed by atoms with E-state index < -0.39 is 17.6 Å². The number of carbonyl (C=O) groups excluding carboxylic acids is 1. The molecule has 0 aliphatic heterocycles. The van der Waals surface area contributed by atoms with E-state index in [4.69, 9.17) is 11.6 Å². The van der Waals surface area contributed by atoms with Crippen molar-refractivity contribution in [2.45, 2.75) is 6.54 Å². The van der Waals surface area contributed by atoms with Crippen molar-refractivity contribution in [2.75, 3.05) is 12.4 Å². The number of anilines is 1. The molecule has 0 bridgehead atoms. The van der Waals surface area contributed by atoms with Crippen LogP contribution >= 0.6 is 11.6 Å². The molecule has 0 atom stereocenters. The van der Waals surface area contributed by atoms with Crippen LogP contribution in [0.2, 0.25) is 5.02 Å². The number of rotatable bonds is 4. The maximum absolute atomic E-state index is 13.7. The topological polar surface area (TPSA) is 38.3 Å². The maximum Gasteiger partial charge on any atom is 0.340 e. The molecule has 3 nitrogen and oxygen atoms in total. The molecule has 1 N–H and O–H groups in total. The van der Waals surface area contributed by atoms with E-state index >= 15 is 0 Å². The summed E-state index contributed by atoms with van der Waals surface area (Å²) in [5, 5.41) is 3.40. The van der Waals surface area contributed by atoms with Crippen LogP contribution in [0.25, 0.3) is 0 Å². The predicted octanol–water partition coefficient (Wildman–Crippen LogP) is 4.02. The third-order valence-electron chi connectivity index (χ3n) is 2.86. The molecule has 0 saturated carbocycles. The van der Waals surface area contributed by atoms with Gasteiger partial charge in [-0.15, -0.1) is 0 Å². The Bertz CT molecular complexity index is 659. The summed E-state index contributed by atoms with van der Waals surface area (Å²) in [4.78, 5) is 11.4. The Labute approximate surface area is 125 Å². The molecule has 0 amide bonds. The average Bonchev–Trinajstić information content (AvgIpc) is 2.47. The first-order valence-electron chi connectivity index (χ1n) is 6.07. The van der Waals surface area contributed by atoms with Gasteiger partial charge in [0.25, 0.3) is 0 Å². The van der Waals surface area contributed by atoms with Gasteiger partial charge in [-0.3, -0.25) is 0 Å². The molecule has 0 aromatic heterocycles. The maximum atomic E-state index is 13.7. The highest BCUT2D eigenvalue weighted by molar-refractivity contribution is 6.30. The first kappa shape index (κ1) is 15.3. The lowest BCUT2D eigenvalue weighted by Crippen LogP contribution is -2.08. The van der Waals surface area contributed by atoms with E-state index in [1.807, 2.05) is 0 Å². The number of ether oxygens (including phenoxy) is 1. The van der Waals surface area contributed by atoms with E-state index in [1.165, 1.54) is 0 Å². The molecule has 0 heterocycles. The van der Waals surface area contributed by atoms with Crippen LogP contribution in [0, 0.1) is 11.6 Å². The quantitative estimate of drug-likeness (QED) is 0.867. The number of nitrogens with one attached hydrogen (secondary N) is 1. The highest BCUT2D eigenvalue weighted by Crippen LogP contribution is 2.21. The second-order valence-corrected chi connectivity index (χ2v) is 4.72. The first-order chi connectivity index (χ1) is 10.0. The van der Waals surface area contributed by atoms with Gasteiger partial charge in [0.15, 0.2) is 0 Å². The lowest BCUT2D eigenvalue weighted by Gasteiger charge is -2.10. The monoisotopic (exact) mass is 311 g/mol. The van der Waals surface area contributed by atoms with Crippen molar-refractivity contribution in [3.05, 3.63) is 64.2 Å². The normalized spacial score (nSPS) is 10.3. The van der Waals surface area contributed by atoms with Gasteiger partial charge >= 0.3 is 5.97 Å². The van der Waals surface area contributed by atoms with Gasteiger partial charge in [0.05, 0.1) is 18.4 Å². The van der Waals surface area contributed by atoms with Crippen molar-refractivity contribution in [2.24, 2.45) is 0 Å². The summed E-state index contributed by atoms with van der Waals surface area (Å²) in [7, 11) is 1.13. The largest absolute Gasteiger partial charge is 0.465 e. The summed E-state index contributed by atoms with van der Waals surface area (Å²) < 4.78 is 31.6. The molecule has 2 aromatic rings. The molecule has 2 aromatic carbocycles. The van der Waals surface area contributed by atoms with Gasteiger partial charge in [-0.05, 0) is 23.8 Å². The zero-order valence-electron chi connectivity index (χ0n) is 11.1. The summed E-state index contributed by atoms with van der Waals surface area (Å²) in [5.74, 6) is -2.60. The van der Waals surface area contributed by atoms with E-state index in [2.05, 4.69) is 10.1 Å². The molecular weight excluding hydrogens is 300 g/mol. The van der Waals surface area contributed by atoms with Crippen molar-refractivity contribution < 1.29 is 18.3 Å².